The van der Waals surface area contributed by atoms with Crippen molar-refractivity contribution >= 4 is 11.8 Å². The van der Waals surface area contributed by atoms with Crippen LogP contribution in [0.3, 0.4) is 0 Å². The van der Waals surface area contributed by atoms with Crippen molar-refractivity contribution in [2.45, 2.75) is 32.4 Å². The highest BCUT2D eigenvalue weighted by atomic mass is 16.5. The van der Waals surface area contributed by atoms with Gasteiger partial charge in [-0.1, -0.05) is 6.07 Å². The summed E-state index contributed by atoms with van der Waals surface area (Å²) in [6.45, 7) is 2.52. The number of hydrogen-bond donors (Lipinski definition) is 1. The highest BCUT2D eigenvalue weighted by Gasteiger charge is 2.33. The summed E-state index contributed by atoms with van der Waals surface area (Å²) < 4.78 is 5.23. The molecule has 136 valence electrons. The molecule has 0 saturated carbocycles. The van der Waals surface area contributed by atoms with Crippen LogP contribution < -0.4 is 10.1 Å². The quantitative estimate of drug-likeness (QED) is 0.889. The molecular formula is C19H22N4O3. The van der Waals surface area contributed by atoms with Crippen molar-refractivity contribution in [2.75, 3.05) is 13.7 Å². The third kappa shape index (κ3) is 3.82. The highest BCUT2D eigenvalue weighted by Crippen LogP contribution is 2.33. The summed E-state index contributed by atoms with van der Waals surface area (Å²) in [6.07, 6.45) is 3.37. The van der Waals surface area contributed by atoms with Gasteiger partial charge in [0, 0.05) is 19.7 Å². The zero-order chi connectivity index (χ0) is 18.5. The first kappa shape index (κ1) is 17.8. The highest BCUT2D eigenvalue weighted by molar-refractivity contribution is 5.96. The Morgan fingerprint density at radius 2 is 2.15 bits per heavy atom. The van der Waals surface area contributed by atoms with Gasteiger partial charge in [-0.3, -0.25) is 14.6 Å². The van der Waals surface area contributed by atoms with Crippen LogP contribution in [0.25, 0.3) is 0 Å². The van der Waals surface area contributed by atoms with Crippen molar-refractivity contribution < 1.29 is 14.3 Å². The zero-order valence-corrected chi connectivity index (χ0v) is 14.9. The number of pyridine rings is 2. The topological polar surface area (TPSA) is 84.4 Å². The standard InChI is InChI=1S/C19H22N4O3/c1-13(24)21-12-14-6-3-8-16(22-14)17-9-5-11-23(17)19(25)15-7-4-10-20-18(15)26-2/h3-4,6-8,10,17H,5,9,11-12H2,1-2H3,(H,21,24). The van der Waals surface area contributed by atoms with E-state index >= 15 is 0 Å². The number of likely N-dealkylation sites (tertiary alicyclic amines) is 1. The van der Waals surface area contributed by atoms with E-state index in [0.717, 1.165) is 24.2 Å². The number of ether oxygens (including phenoxy) is 1. The zero-order valence-electron chi connectivity index (χ0n) is 14.9. The molecule has 1 atom stereocenters. The number of aromatic nitrogens is 2. The molecule has 3 heterocycles. The molecule has 7 heteroatoms. The Morgan fingerprint density at radius 1 is 1.31 bits per heavy atom. The fourth-order valence-electron chi connectivity index (χ4n) is 3.19. The van der Waals surface area contributed by atoms with Crippen LogP contribution in [0.1, 0.15) is 47.6 Å². The molecule has 2 aromatic rings. The van der Waals surface area contributed by atoms with Crippen molar-refractivity contribution in [1.29, 1.82) is 0 Å². The molecule has 0 aliphatic carbocycles. The van der Waals surface area contributed by atoms with Gasteiger partial charge >= 0.3 is 0 Å². The summed E-state index contributed by atoms with van der Waals surface area (Å²) in [7, 11) is 1.51. The van der Waals surface area contributed by atoms with Crippen LogP contribution in [0.4, 0.5) is 0 Å². The molecule has 0 bridgehead atoms. The molecule has 1 saturated heterocycles. The molecule has 1 aliphatic heterocycles. The van der Waals surface area contributed by atoms with Crippen molar-refractivity contribution in [3.63, 3.8) is 0 Å². The third-order valence-corrected chi connectivity index (χ3v) is 4.40. The van der Waals surface area contributed by atoms with E-state index in [2.05, 4.69) is 15.3 Å². The Bertz CT molecular complexity index is 809. The maximum absolute atomic E-state index is 13.0. The van der Waals surface area contributed by atoms with Gasteiger partial charge in [0.2, 0.25) is 11.8 Å². The number of amides is 2. The number of nitrogens with one attached hydrogen (secondary N) is 1. The van der Waals surface area contributed by atoms with Crippen molar-refractivity contribution in [3.05, 3.63) is 53.5 Å². The van der Waals surface area contributed by atoms with E-state index in [0.29, 0.717) is 24.5 Å². The lowest BCUT2D eigenvalue weighted by molar-refractivity contribution is -0.119. The van der Waals surface area contributed by atoms with Gasteiger partial charge in [-0.2, -0.15) is 0 Å². The van der Waals surface area contributed by atoms with Crippen LogP contribution >= 0.6 is 0 Å². The molecule has 0 aromatic carbocycles. The van der Waals surface area contributed by atoms with E-state index in [4.69, 9.17) is 4.74 Å². The molecule has 1 aliphatic rings. The monoisotopic (exact) mass is 354 g/mol. The number of nitrogens with zero attached hydrogens (tertiary/aromatic N) is 3. The van der Waals surface area contributed by atoms with Gasteiger partial charge in [-0.25, -0.2) is 4.98 Å². The average Bonchev–Trinajstić information content (AvgIpc) is 3.16. The van der Waals surface area contributed by atoms with Crippen LogP contribution in [0.2, 0.25) is 0 Å². The molecular weight excluding hydrogens is 332 g/mol. The van der Waals surface area contributed by atoms with Crippen LogP contribution in [0.5, 0.6) is 5.88 Å². The summed E-state index contributed by atoms with van der Waals surface area (Å²) in [5.41, 5.74) is 2.06. The number of carbonyl (C=O) groups excluding carboxylic acids is 2. The molecule has 7 nitrogen and oxygen atoms in total. The van der Waals surface area contributed by atoms with Crippen molar-refractivity contribution in [1.82, 2.24) is 20.2 Å². The van der Waals surface area contributed by atoms with Crippen LogP contribution in [-0.4, -0.2) is 40.3 Å². The minimum atomic E-state index is -0.105. The Balaban J connectivity index is 1.83. The first-order valence-electron chi connectivity index (χ1n) is 8.60. The predicted molar refractivity (Wildman–Crippen MR) is 95.6 cm³/mol. The number of hydrogen-bond acceptors (Lipinski definition) is 5. The minimum absolute atomic E-state index is 0.0929. The molecule has 1 unspecified atom stereocenters. The summed E-state index contributed by atoms with van der Waals surface area (Å²) in [4.78, 5) is 34.7. The Morgan fingerprint density at radius 3 is 2.92 bits per heavy atom. The minimum Gasteiger partial charge on any atom is -0.480 e. The summed E-state index contributed by atoms with van der Waals surface area (Å²) in [5.74, 6) is 0.126. The second-order valence-electron chi connectivity index (χ2n) is 6.18. The van der Waals surface area contributed by atoms with Crippen molar-refractivity contribution in [2.24, 2.45) is 0 Å². The summed E-state index contributed by atoms with van der Waals surface area (Å²) >= 11 is 0. The van der Waals surface area contributed by atoms with Gasteiger partial charge in [-0.05, 0) is 37.1 Å². The second-order valence-corrected chi connectivity index (χ2v) is 6.18. The first-order valence-corrected chi connectivity index (χ1v) is 8.60. The molecule has 1 fully saturated rings. The van der Waals surface area contributed by atoms with E-state index in [1.807, 2.05) is 23.1 Å². The Kier molecular flexibility index (Phi) is 5.46. The molecule has 1 N–H and O–H groups in total. The molecule has 3 rings (SSSR count). The molecule has 0 spiro atoms. The molecule has 2 amide bonds. The largest absolute Gasteiger partial charge is 0.480 e. The molecule has 2 aromatic heterocycles. The van der Waals surface area contributed by atoms with Gasteiger partial charge in [0.15, 0.2) is 0 Å². The van der Waals surface area contributed by atoms with Gasteiger partial charge in [0.05, 0.1) is 31.1 Å². The number of rotatable bonds is 5. The van der Waals surface area contributed by atoms with E-state index in [-0.39, 0.29) is 17.9 Å². The molecule has 26 heavy (non-hydrogen) atoms. The van der Waals surface area contributed by atoms with Crippen LogP contribution in [0.15, 0.2) is 36.5 Å². The van der Waals surface area contributed by atoms with Gasteiger partial charge in [0.1, 0.15) is 5.56 Å². The predicted octanol–water partition coefficient (Wildman–Crippen LogP) is 2.10. The SMILES string of the molecule is COc1ncccc1C(=O)N1CCCC1c1cccc(CNC(C)=O)n1. The lowest BCUT2D eigenvalue weighted by Crippen LogP contribution is -2.31. The Labute approximate surface area is 152 Å². The smallest absolute Gasteiger partial charge is 0.259 e. The average molecular weight is 354 g/mol. The second kappa shape index (κ2) is 7.95. The van der Waals surface area contributed by atoms with Crippen molar-refractivity contribution in [3.8, 4) is 5.88 Å². The van der Waals surface area contributed by atoms with E-state index in [1.54, 1.807) is 18.3 Å². The molecule has 0 radical (unpaired) electrons. The fourth-order valence-corrected chi connectivity index (χ4v) is 3.19. The lowest BCUT2D eigenvalue weighted by atomic mass is 10.1. The van der Waals surface area contributed by atoms with E-state index in [1.165, 1.54) is 14.0 Å². The number of methoxy groups -OCH3 is 1. The lowest BCUT2D eigenvalue weighted by Gasteiger charge is -2.25. The first-order chi connectivity index (χ1) is 12.6. The van der Waals surface area contributed by atoms with E-state index < -0.39 is 0 Å². The summed E-state index contributed by atoms with van der Waals surface area (Å²) in [5, 5.41) is 2.75. The normalized spacial score (nSPS) is 16.4. The fraction of sp³-hybridized carbons (Fsp3) is 0.368. The van der Waals surface area contributed by atoms with Gasteiger partial charge in [-0.15, -0.1) is 0 Å². The summed E-state index contributed by atoms with van der Waals surface area (Å²) in [6, 6.07) is 9.06. The van der Waals surface area contributed by atoms with Crippen LogP contribution in [0, 0.1) is 0 Å². The third-order valence-electron chi connectivity index (χ3n) is 4.40. The Hall–Kier alpha value is -2.96. The number of carbonyl (C=O) groups is 2. The van der Waals surface area contributed by atoms with Crippen LogP contribution in [-0.2, 0) is 11.3 Å². The maximum Gasteiger partial charge on any atom is 0.259 e. The van der Waals surface area contributed by atoms with Gasteiger partial charge in [0.25, 0.3) is 5.91 Å². The van der Waals surface area contributed by atoms with E-state index in [9.17, 15) is 9.59 Å². The maximum atomic E-state index is 13.0. The van der Waals surface area contributed by atoms with Gasteiger partial charge < -0.3 is 15.0 Å².